The van der Waals surface area contributed by atoms with Crippen molar-refractivity contribution in [1.29, 1.82) is 0 Å². The molecule has 0 aliphatic carbocycles. The number of halogens is 1. The van der Waals surface area contributed by atoms with Gasteiger partial charge in [0.2, 0.25) is 11.5 Å². The topological polar surface area (TPSA) is 180 Å². The maximum absolute atomic E-state index is 13.7. The summed E-state index contributed by atoms with van der Waals surface area (Å²) in [5.74, 6) is -4.66. The van der Waals surface area contributed by atoms with E-state index >= 15 is 0 Å². The molecule has 244 valence electrons. The Hall–Kier alpha value is -3.31. The Bertz CT molecular complexity index is 1480. The van der Waals surface area contributed by atoms with Gasteiger partial charge in [-0.15, -0.1) is 22.9 Å². The largest absolute Gasteiger partial charge is 0.539 e. The van der Waals surface area contributed by atoms with E-state index in [-0.39, 0.29) is 39.4 Å². The molecule has 1 fully saturated rings. The van der Waals surface area contributed by atoms with Gasteiger partial charge in [0.05, 0.1) is 11.7 Å². The third kappa shape index (κ3) is 8.70. The van der Waals surface area contributed by atoms with E-state index < -0.39 is 75.0 Å². The number of ether oxygens (including phenoxy) is 2. The molecule has 2 aliphatic rings. The summed E-state index contributed by atoms with van der Waals surface area (Å²) in [5.41, 5.74) is -3.69. The number of hydrogen-bond acceptors (Lipinski definition) is 13. The third-order valence-electron chi connectivity index (χ3n) is 6.06. The Morgan fingerprint density at radius 3 is 2.31 bits per heavy atom. The average Bonchev–Trinajstić information content (AvgIpc) is 3.36. The lowest BCUT2D eigenvalue weighted by Crippen LogP contribution is -2.66. The summed E-state index contributed by atoms with van der Waals surface area (Å²) in [6.45, 7) is 12.8. The van der Waals surface area contributed by atoms with Crippen molar-refractivity contribution in [3.8, 4) is 0 Å². The molecule has 2 aliphatic heterocycles. The van der Waals surface area contributed by atoms with Crippen LogP contribution in [-0.4, -0.2) is 91.4 Å². The minimum atomic E-state index is -1.71. The fourth-order valence-electron chi connectivity index (χ4n) is 4.11. The normalized spacial score (nSPS) is 20.6. The highest BCUT2D eigenvalue weighted by Gasteiger charge is 2.57. The van der Waals surface area contributed by atoms with Gasteiger partial charge in [0, 0.05) is 28.5 Å². The molecule has 2 amide bonds. The number of oxime groups is 1. The van der Waals surface area contributed by atoms with Crippen LogP contribution in [0.2, 0.25) is 0 Å². The number of fused-ring (bicyclic) bond motifs is 1. The SMILES string of the molecule is [B]OC(=O)C1=C(CCl)CS(=O)[C@@H]2[C@H](CC(=O)/C(=N\OC(C)(C)C(=O)OC(C)(C)C)c3csc(NC(=O)OC(C)(C)C)n3)C(=O)N12. The van der Waals surface area contributed by atoms with Crippen LogP contribution in [-0.2, 0) is 48.9 Å². The minimum Gasteiger partial charge on any atom is -0.539 e. The average molecular weight is 685 g/mol. The second-order valence-corrected chi connectivity index (χ2v) is 15.2. The van der Waals surface area contributed by atoms with Crippen LogP contribution in [0.3, 0.4) is 0 Å². The van der Waals surface area contributed by atoms with Crippen LogP contribution >= 0.6 is 22.9 Å². The van der Waals surface area contributed by atoms with Crippen LogP contribution in [0.5, 0.6) is 0 Å². The molecule has 18 heteroatoms. The summed E-state index contributed by atoms with van der Waals surface area (Å²) in [4.78, 5) is 75.0. The number of rotatable bonds is 10. The van der Waals surface area contributed by atoms with E-state index in [1.54, 1.807) is 41.5 Å². The van der Waals surface area contributed by atoms with E-state index in [0.717, 1.165) is 16.2 Å². The van der Waals surface area contributed by atoms with Gasteiger partial charge in [0.1, 0.15) is 28.0 Å². The van der Waals surface area contributed by atoms with Gasteiger partial charge >= 0.3 is 26.1 Å². The Balaban J connectivity index is 1.92. The van der Waals surface area contributed by atoms with Gasteiger partial charge in [-0.3, -0.25) is 24.0 Å². The van der Waals surface area contributed by atoms with Crippen molar-refractivity contribution in [2.24, 2.45) is 11.1 Å². The number of carbonyl (C=O) groups is 5. The lowest BCUT2D eigenvalue weighted by atomic mass is 9.89. The van der Waals surface area contributed by atoms with Gasteiger partial charge in [-0.25, -0.2) is 19.4 Å². The number of thiazole rings is 1. The molecule has 1 aromatic rings. The van der Waals surface area contributed by atoms with Crippen molar-refractivity contribution in [2.45, 2.75) is 84.0 Å². The van der Waals surface area contributed by atoms with Crippen molar-refractivity contribution < 1.29 is 47.1 Å². The first kappa shape index (κ1) is 36.2. The Kier molecular flexibility index (Phi) is 10.9. The molecule has 1 N–H and O–H groups in total. The van der Waals surface area contributed by atoms with Gasteiger partial charge in [0.25, 0.3) is 0 Å². The number of Topliss-reactive ketones (excluding diaryl/α,β-unsaturated/α-hetero) is 1. The van der Waals surface area contributed by atoms with Crippen LogP contribution in [0.1, 0.15) is 67.5 Å². The van der Waals surface area contributed by atoms with Crippen LogP contribution in [0.25, 0.3) is 0 Å². The summed E-state index contributed by atoms with van der Waals surface area (Å²) < 4.78 is 28.0. The molecule has 3 rings (SSSR count). The van der Waals surface area contributed by atoms with Gasteiger partial charge in [-0.2, -0.15) is 0 Å². The lowest BCUT2D eigenvalue weighted by Gasteiger charge is -2.49. The predicted octanol–water partition coefficient (Wildman–Crippen LogP) is 2.96. The molecular formula is C27H34BClN4O10S2. The van der Waals surface area contributed by atoms with Crippen molar-refractivity contribution in [3.63, 3.8) is 0 Å². The van der Waals surface area contributed by atoms with Crippen LogP contribution in [0, 0.1) is 5.92 Å². The first-order valence-electron chi connectivity index (χ1n) is 13.6. The molecule has 0 saturated carbocycles. The number of hydrogen-bond donors (Lipinski definition) is 1. The summed E-state index contributed by atoms with van der Waals surface area (Å²) >= 11 is 6.87. The lowest BCUT2D eigenvalue weighted by molar-refractivity contribution is -0.179. The molecular weight excluding hydrogens is 651 g/mol. The van der Waals surface area contributed by atoms with Crippen molar-refractivity contribution in [3.05, 3.63) is 22.3 Å². The van der Waals surface area contributed by atoms with Crippen molar-refractivity contribution in [1.82, 2.24) is 9.88 Å². The van der Waals surface area contributed by atoms with Gasteiger partial charge in [0.15, 0.2) is 16.6 Å². The fourth-order valence-corrected chi connectivity index (χ4v) is 6.90. The smallest absolute Gasteiger partial charge is 0.413 e. The number of nitrogens with one attached hydrogen (secondary N) is 1. The Morgan fingerprint density at radius 1 is 1.13 bits per heavy atom. The number of carbonyl (C=O) groups excluding carboxylic acids is 5. The molecule has 1 unspecified atom stereocenters. The highest BCUT2D eigenvalue weighted by atomic mass is 35.5. The molecule has 1 saturated heterocycles. The van der Waals surface area contributed by atoms with Crippen molar-refractivity contribution in [2.75, 3.05) is 16.9 Å². The first-order valence-corrected chi connectivity index (χ1v) is 16.4. The quantitative estimate of drug-likeness (QED) is 0.0956. The number of anilines is 1. The summed E-state index contributed by atoms with van der Waals surface area (Å²) in [7, 11) is 3.33. The first-order chi connectivity index (χ1) is 20.7. The van der Waals surface area contributed by atoms with Crippen LogP contribution < -0.4 is 5.32 Å². The molecule has 0 bridgehead atoms. The summed E-state index contributed by atoms with van der Waals surface area (Å²) in [5, 5.41) is 6.86. The number of alkyl halides is 1. The van der Waals surface area contributed by atoms with E-state index in [9.17, 15) is 28.2 Å². The Labute approximate surface area is 273 Å². The van der Waals surface area contributed by atoms with Gasteiger partial charge in [-0.1, -0.05) is 5.16 Å². The molecule has 0 spiro atoms. The minimum absolute atomic E-state index is 0.0406. The number of ketones is 1. The van der Waals surface area contributed by atoms with E-state index in [2.05, 4.69) is 20.1 Å². The van der Waals surface area contributed by atoms with Gasteiger partial charge < -0.3 is 19.0 Å². The van der Waals surface area contributed by atoms with E-state index in [1.165, 1.54) is 19.2 Å². The number of esters is 1. The molecule has 3 atom stereocenters. The maximum Gasteiger partial charge on any atom is 0.413 e. The third-order valence-corrected chi connectivity index (χ3v) is 8.85. The predicted molar refractivity (Wildman–Crippen MR) is 166 cm³/mol. The fraction of sp³-hybridized carbons (Fsp3) is 0.593. The molecule has 45 heavy (non-hydrogen) atoms. The maximum atomic E-state index is 13.7. The second kappa shape index (κ2) is 13.6. The summed E-state index contributed by atoms with van der Waals surface area (Å²) in [6.07, 6.45) is -1.29. The number of nitrogens with zero attached hydrogens (tertiary/aromatic N) is 3. The van der Waals surface area contributed by atoms with Gasteiger partial charge in [-0.05, 0) is 61.0 Å². The molecule has 1 aromatic heterocycles. The second-order valence-electron chi connectivity index (χ2n) is 12.6. The zero-order chi connectivity index (χ0) is 34.1. The molecule has 3 heterocycles. The number of aromatic nitrogens is 1. The highest BCUT2D eigenvalue weighted by molar-refractivity contribution is 7.86. The number of amides is 2. The molecule has 0 aromatic carbocycles. The van der Waals surface area contributed by atoms with Crippen LogP contribution in [0.4, 0.5) is 9.93 Å². The van der Waals surface area contributed by atoms with E-state index in [4.69, 9.17) is 34.0 Å². The molecule has 2 radical (unpaired) electrons. The number of β-lactam (4-membered cyclic amide) rings is 1. The summed E-state index contributed by atoms with van der Waals surface area (Å²) in [6, 6.07) is 0. The molecule has 14 nitrogen and oxygen atoms in total. The van der Waals surface area contributed by atoms with E-state index in [0.29, 0.717) is 0 Å². The van der Waals surface area contributed by atoms with Crippen LogP contribution in [0.15, 0.2) is 21.8 Å². The van der Waals surface area contributed by atoms with E-state index in [1.807, 2.05) is 0 Å². The highest BCUT2D eigenvalue weighted by Crippen LogP contribution is 2.41. The zero-order valence-corrected chi connectivity index (χ0v) is 28.4. The standard InChI is InChI=1S/C27H34BClN4O10S2/c1-25(2,3)40-22(37)27(7,8)43-32-17(15-11-44-23(30-15)31-24(38)41-26(4,5)6)16(34)9-14-19(35)33-18(21(36)42-28)13(10-29)12-45(39)20(14)33/h11,14,20H,9-10,12H2,1-8H3,(H,30,31,38)/b32-17-/t14-,20-,45?/m1/s1. The Morgan fingerprint density at radius 2 is 1.76 bits per heavy atom. The monoisotopic (exact) mass is 684 g/mol. The zero-order valence-electron chi connectivity index (χ0n) is 26.0. The van der Waals surface area contributed by atoms with Crippen molar-refractivity contribution >= 4 is 82.4 Å².